The zero-order valence-electron chi connectivity index (χ0n) is 12.5. The molecule has 0 bridgehead atoms. The minimum absolute atomic E-state index is 0.164. The van der Waals surface area contributed by atoms with Gasteiger partial charge < -0.3 is 14.7 Å². The number of aliphatic carboxylic acids is 1. The van der Waals surface area contributed by atoms with E-state index in [1.807, 2.05) is 0 Å². The second-order valence-corrected chi connectivity index (χ2v) is 6.03. The highest BCUT2D eigenvalue weighted by Gasteiger charge is 2.29. The molecule has 1 atom stereocenters. The number of carboxylic acid groups (broad SMARTS) is 1. The zero-order valence-corrected chi connectivity index (χ0v) is 13.3. The van der Waals surface area contributed by atoms with Gasteiger partial charge in [0, 0.05) is 18.0 Å². The van der Waals surface area contributed by atoms with Gasteiger partial charge in [0.25, 0.3) is 5.91 Å². The molecular formula is C15H14N2O5S. The van der Waals surface area contributed by atoms with Crippen LogP contribution in [0.4, 0.5) is 5.69 Å². The Bertz CT molecular complexity index is 854. The fourth-order valence-corrected chi connectivity index (χ4v) is 3.28. The zero-order chi connectivity index (χ0) is 16.7. The van der Waals surface area contributed by atoms with E-state index in [2.05, 4.69) is 0 Å². The number of nitrogens with zero attached hydrogens (tertiary/aromatic N) is 2. The summed E-state index contributed by atoms with van der Waals surface area (Å²) >= 11 is 0.939. The molecule has 8 heteroatoms. The first kappa shape index (κ1) is 15.3. The first-order valence-electron chi connectivity index (χ1n) is 6.87. The Morgan fingerprint density at radius 2 is 2.13 bits per heavy atom. The summed E-state index contributed by atoms with van der Waals surface area (Å²) in [5.41, 5.74) is 1.75. The number of benzene rings is 1. The molecule has 0 saturated carbocycles. The van der Waals surface area contributed by atoms with E-state index >= 15 is 0 Å². The Morgan fingerprint density at radius 3 is 2.83 bits per heavy atom. The second-order valence-electron chi connectivity index (χ2n) is 5.21. The maximum absolute atomic E-state index is 12.0. The van der Waals surface area contributed by atoms with Crippen molar-refractivity contribution in [3.63, 3.8) is 0 Å². The number of amides is 1. The number of hydrogen-bond acceptors (Lipinski definition) is 5. The summed E-state index contributed by atoms with van der Waals surface area (Å²) in [5, 5.41) is 10.6. The molecule has 1 aromatic carbocycles. The van der Waals surface area contributed by atoms with Crippen molar-refractivity contribution in [1.29, 1.82) is 0 Å². The second kappa shape index (κ2) is 5.54. The third-order valence-electron chi connectivity index (χ3n) is 3.67. The smallest absolute Gasteiger partial charge is 0.323 e. The summed E-state index contributed by atoms with van der Waals surface area (Å²) in [6.45, 7) is 1.27. The summed E-state index contributed by atoms with van der Waals surface area (Å²) in [6.07, 6.45) is -0.551. The standard InChI is InChI=1S/C15H14N2O5S/c1-8-14(20)16(2)10-5-9(3-4-12(10)22-8)11-7-23-15(21)17(11)6-13(18)19/h3-5,7-8H,6H2,1-2H3,(H,18,19). The van der Waals surface area contributed by atoms with Crippen molar-refractivity contribution in [2.24, 2.45) is 0 Å². The van der Waals surface area contributed by atoms with E-state index in [-0.39, 0.29) is 10.8 Å². The third-order valence-corrected chi connectivity index (χ3v) is 4.44. The Morgan fingerprint density at radius 1 is 1.39 bits per heavy atom. The quantitative estimate of drug-likeness (QED) is 0.917. The summed E-state index contributed by atoms with van der Waals surface area (Å²) in [5.74, 6) is -0.678. The highest BCUT2D eigenvalue weighted by atomic mass is 32.1. The largest absolute Gasteiger partial charge is 0.480 e. The van der Waals surface area contributed by atoms with Gasteiger partial charge in [-0.25, -0.2) is 0 Å². The molecule has 0 radical (unpaired) electrons. The number of carbonyl (C=O) groups excluding carboxylic acids is 1. The summed E-state index contributed by atoms with van der Waals surface area (Å²) in [7, 11) is 1.65. The molecule has 0 aliphatic carbocycles. The van der Waals surface area contributed by atoms with Crippen molar-refractivity contribution in [3.8, 4) is 17.0 Å². The third kappa shape index (κ3) is 2.61. The highest BCUT2D eigenvalue weighted by Crippen LogP contribution is 2.36. The number of rotatable bonds is 3. The van der Waals surface area contributed by atoms with Crippen molar-refractivity contribution in [2.45, 2.75) is 19.6 Å². The van der Waals surface area contributed by atoms with Crippen LogP contribution in [0.3, 0.4) is 0 Å². The number of carboxylic acids is 1. The number of aromatic nitrogens is 1. The molecule has 0 fully saturated rings. The van der Waals surface area contributed by atoms with Gasteiger partial charge >= 0.3 is 10.8 Å². The molecule has 7 nitrogen and oxygen atoms in total. The fourth-order valence-electron chi connectivity index (χ4n) is 2.51. The monoisotopic (exact) mass is 334 g/mol. The van der Waals surface area contributed by atoms with Crippen molar-refractivity contribution >= 4 is 28.9 Å². The van der Waals surface area contributed by atoms with Crippen molar-refractivity contribution < 1.29 is 19.4 Å². The lowest BCUT2D eigenvalue weighted by Crippen LogP contribution is -2.41. The Hall–Kier alpha value is -2.61. The molecule has 1 aliphatic heterocycles. The van der Waals surface area contributed by atoms with Crippen molar-refractivity contribution in [2.75, 3.05) is 11.9 Å². The van der Waals surface area contributed by atoms with Crippen LogP contribution < -0.4 is 14.5 Å². The molecule has 1 N–H and O–H groups in total. The van der Waals surface area contributed by atoms with Crippen LogP contribution in [0, 0.1) is 0 Å². The van der Waals surface area contributed by atoms with E-state index in [0.29, 0.717) is 22.7 Å². The van der Waals surface area contributed by atoms with E-state index in [9.17, 15) is 14.4 Å². The molecule has 120 valence electrons. The van der Waals surface area contributed by atoms with Crippen LogP contribution in [0.2, 0.25) is 0 Å². The van der Waals surface area contributed by atoms with Gasteiger partial charge in [0.1, 0.15) is 12.3 Å². The maximum Gasteiger partial charge on any atom is 0.323 e. The van der Waals surface area contributed by atoms with Gasteiger partial charge in [0.2, 0.25) is 0 Å². The van der Waals surface area contributed by atoms with Crippen LogP contribution in [-0.4, -0.2) is 34.7 Å². The van der Waals surface area contributed by atoms with Crippen molar-refractivity contribution in [3.05, 3.63) is 33.2 Å². The van der Waals surface area contributed by atoms with E-state index < -0.39 is 18.6 Å². The predicted octanol–water partition coefficient (Wildman–Crippen LogP) is 1.41. The number of hydrogen-bond donors (Lipinski definition) is 1. The lowest BCUT2D eigenvalue weighted by Gasteiger charge is -2.30. The predicted molar refractivity (Wildman–Crippen MR) is 85.2 cm³/mol. The Balaban J connectivity index is 2.09. The number of fused-ring (bicyclic) bond motifs is 1. The van der Waals surface area contributed by atoms with Gasteiger partial charge in [-0.1, -0.05) is 11.3 Å². The normalized spacial score (nSPS) is 16.9. The van der Waals surface area contributed by atoms with Crippen LogP contribution in [0.15, 0.2) is 28.4 Å². The van der Waals surface area contributed by atoms with Gasteiger partial charge in [0.05, 0.1) is 11.4 Å². The van der Waals surface area contributed by atoms with E-state index in [1.54, 1.807) is 37.6 Å². The van der Waals surface area contributed by atoms with E-state index in [4.69, 9.17) is 9.84 Å². The highest BCUT2D eigenvalue weighted by molar-refractivity contribution is 7.07. The van der Waals surface area contributed by atoms with Crippen LogP contribution >= 0.6 is 11.3 Å². The molecule has 0 spiro atoms. The summed E-state index contributed by atoms with van der Waals surface area (Å²) < 4.78 is 6.75. The summed E-state index contributed by atoms with van der Waals surface area (Å²) in [6, 6.07) is 5.19. The number of thiazole rings is 1. The van der Waals surface area contributed by atoms with Gasteiger partial charge in [-0.3, -0.25) is 19.0 Å². The first-order valence-corrected chi connectivity index (χ1v) is 7.75. The molecule has 1 aromatic heterocycles. The van der Waals surface area contributed by atoms with Crippen molar-refractivity contribution in [1.82, 2.24) is 4.57 Å². The SMILES string of the molecule is CC1Oc2ccc(-c3csc(=O)n3CC(=O)O)cc2N(C)C1=O. The van der Waals surface area contributed by atoms with Gasteiger partial charge in [-0.2, -0.15) is 0 Å². The average Bonchev–Trinajstić information content (AvgIpc) is 2.85. The Labute approximate surface area is 135 Å². The van der Waals surface area contributed by atoms with Crippen LogP contribution in [0.25, 0.3) is 11.3 Å². The van der Waals surface area contributed by atoms with Crippen LogP contribution in [0.1, 0.15) is 6.92 Å². The van der Waals surface area contributed by atoms with Crippen LogP contribution in [-0.2, 0) is 16.1 Å². The number of ether oxygens (including phenoxy) is 1. The molecule has 1 amide bonds. The molecule has 2 heterocycles. The topological polar surface area (TPSA) is 88.8 Å². The molecule has 0 saturated heterocycles. The van der Waals surface area contributed by atoms with Gasteiger partial charge in [0.15, 0.2) is 6.10 Å². The average molecular weight is 334 g/mol. The molecule has 23 heavy (non-hydrogen) atoms. The van der Waals surface area contributed by atoms with E-state index in [1.165, 1.54) is 9.47 Å². The molecular weight excluding hydrogens is 320 g/mol. The van der Waals surface area contributed by atoms with Gasteiger partial charge in [-0.15, -0.1) is 0 Å². The molecule has 1 aliphatic rings. The molecule has 2 aromatic rings. The lowest BCUT2D eigenvalue weighted by atomic mass is 10.1. The van der Waals surface area contributed by atoms with Crippen LogP contribution in [0.5, 0.6) is 5.75 Å². The number of anilines is 1. The lowest BCUT2D eigenvalue weighted by molar-refractivity contribution is -0.137. The number of carbonyl (C=O) groups is 2. The number of likely N-dealkylation sites (N-methyl/N-ethyl adjacent to an activating group) is 1. The summed E-state index contributed by atoms with van der Waals surface area (Å²) in [4.78, 5) is 35.9. The fraction of sp³-hybridized carbons (Fsp3) is 0.267. The molecule has 1 unspecified atom stereocenters. The Kier molecular flexibility index (Phi) is 3.69. The molecule has 3 rings (SSSR count). The minimum atomic E-state index is -1.09. The maximum atomic E-state index is 12.0. The first-order chi connectivity index (χ1) is 10.9. The van der Waals surface area contributed by atoms with Gasteiger partial charge in [-0.05, 0) is 25.1 Å². The van der Waals surface area contributed by atoms with E-state index in [0.717, 1.165) is 11.3 Å². The minimum Gasteiger partial charge on any atom is -0.480 e.